The number of hydrogen-bond acceptors (Lipinski definition) is 5. The first-order chi connectivity index (χ1) is 14.8. The van der Waals surface area contributed by atoms with Crippen LogP contribution < -0.4 is 10.6 Å². The number of benzene rings is 2. The molecule has 2 unspecified atom stereocenters. The molecule has 0 aromatic heterocycles. The lowest BCUT2D eigenvalue weighted by Gasteiger charge is -2.26. The summed E-state index contributed by atoms with van der Waals surface area (Å²) in [5, 5.41) is 17.7. The molecule has 0 spiro atoms. The number of nitro groups is 1. The second-order valence-corrected chi connectivity index (χ2v) is 8.67. The largest absolute Gasteiger partial charge is 0.379 e. The molecule has 2 atom stereocenters. The Bertz CT molecular complexity index is 1010. The standard InChI is InChI=1S/C22H24ClFN4O3/c1-27-9-8-15(21(27)13-2-6-17(23)18(24)10-13)12-25-19-7-3-14(11-20(19)28(30)31)22(29)26-16-4-5-16/h2-3,6-7,10-11,15-16,21,25H,4-5,8-9,12H2,1H3,(H,26,29). The zero-order valence-corrected chi connectivity index (χ0v) is 17.9. The number of nitrogens with zero attached hydrogens (tertiary/aromatic N) is 2. The molecule has 0 bridgehead atoms. The highest BCUT2D eigenvalue weighted by molar-refractivity contribution is 6.30. The molecule has 1 amide bonds. The molecule has 1 saturated heterocycles. The lowest BCUT2D eigenvalue weighted by Crippen LogP contribution is -2.26. The Labute approximate surface area is 184 Å². The van der Waals surface area contributed by atoms with E-state index in [2.05, 4.69) is 15.5 Å². The molecule has 2 aliphatic rings. The van der Waals surface area contributed by atoms with E-state index >= 15 is 0 Å². The third kappa shape index (κ3) is 4.80. The second kappa shape index (κ2) is 8.80. The molecule has 1 heterocycles. The topological polar surface area (TPSA) is 87.5 Å². The van der Waals surface area contributed by atoms with Gasteiger partial charge in [-0.15, -0.1) is 0 Å². The first-order valence-corrected chi connectivity index (χ1v) is 10.7. The molecular formula is C22H24ClFN4O3. The molecule has 164 valence electrons. The van der Waals surface area contributed by atoms with Crippen LogP contribution in [0.25, 0.3) is 0 Å². The van der Waals surface area contributed by atoms with E-state index in [4.69, 9.17) is 11.6 Å². The van der Waals surface area contributed by atoms with Crippen molar-refractivity contribution in [1.82, 2.24) is 10.2 Å². The van der Waals surface area contributed by atoms with Crippen LogP contribution in [-0.4, -0.2) is 41.9 Å². The minimum absolute atomic E-state index is 0.0260. The summed E-state index contributed by atoms with van der Waals surface area (Å²) in [6, 6.07) is 9.47. The number of likely N-dealkylation sites (tertiary alicyclic amines) is 1. The van der Waals surface area contributed by atoms with Crippen molar-refractivity contribution >= 4 is 28.9 Å². The highest BCUT2D eigenvalue weighted by Crippen LogP contribution is 2.38. The van der Waals surface area contributed by atoms with Gasteiger partial charge in [-0.3, -0.25) is 19.8 Å². The van der Waals surface area contributed by atoms with Crippen LogP contribution in [0.1, 0.15) is 41.2 Å². The fraction of sp³-hybridized carbons (Fsp3) is 0.409. The molecule has 0 radical (unpaired) electrons. The van der Waals surface area contributed by atoms with Crippen LogP contribution in [0, 0.1) is 21.8 Å². The van der Waals surface area contributed by atoms with Crippen LogP contribution >= 0.6 is 11.6 Å². The molecular weight excluding hydrogens is 423 g/mol. The SMILES string of the molecule is CN1CCC(CNc2ccc(C(=O)NC3CC3)cc2[N+](=O)[O-])C1c1ccc(Cl)c(F)c1. The average Bonchev–Trinajstić information content (AvgIpc) is 3.48. The Morgan fingerprint density at radius 3 is 2.71 bits per heavy atom. The summed E-state index contributed by atoms with van der Waals surface area (Å²) in [5.41, 5.74) is 1.34. The van der Waals surface area contributed by atoms with E-state index in [1.807, 2.05) is 13.1 Å². The van der Waals surface area contributed by atoms with Crippen molar-refractivity contribution in [3.63, 3.8) is 0 Å². The highest BCUT2D eigenvalue weighted by Gasteiger charge is 2.33. The first-order valence-electron chi connectivity index (χ1n) is 10.3. The molecule has 2 aromatic rings. The Kier molecular flexibility index (Phi) is 6.11. The number of halogens is 2. The zero-order chi connectivity index (χ0) is 22.1. The maximum absolute atomic E-state index is 14.0. The molecule has 2 aromatic carbocycles. The van der Waals surface area contributed by atoms with Gasteiger partial charge < -0.3 is 10.6 Å². The van der Waals surface area contributed by atoms with Crippen LogP contribution in [0.5, 0.6) is 0 Å². The van der Waals surface area contributed by atoms with Crippen LogP contribution in [0.3, 0.4) is 0 Å². The Hall–Kier alpha value is -2.71. The number of rotatable bonds is 7. The van der Waals surface area contributed by atoms with E-state index in [1.54, 1.807) is 18.2 Å². The molecule has 9 heteroatoms. The number of nitrogens with one attached hydrogen (secondary N) is 2. The van der Waals surface area contributed by atoms with Gasteiger partial charge in [0.25, 0.3) is 11.6 Å². The molecule has 7 nitrogen and oxygen atoms in total. The number of carbonyl (C=O) groups is 1. The van der Waals surface area contributed by atoms with Gasteiger partial charge in [0.1, 0.15) is 11.5 Å². The fourth-order valence-corrected chi connectivity index (χ4v) is 4.29. The van der Waals surface area contributed by atoms with E-state index in [9.17, 15) is 19.3 Å². The molecule has 2 N–H and O–H groups in total. The van der Waals surface area contributed by atoms with Gasteiger partial charge in [0.2, 0.25) is 0 Å². The van der Waals surface area contributed by atoms with Crippen LogP contribution in [0.4, 0.5) is 15.8 Å². The normalized spacial score (nSPS) is 21.1. The smallest absolute Gasteiger partial charge is 0.293 e. The molecule has 2 fully saturated rings. The lowest BCUT2D eigenvalue weighted by molar-refractivity contribution is -0.384. The summed E-state index contributed by atoms with van der Waals surface area (Å²) in [5.74, 6) is -0.621. The summed E-state index contributed by atoms with van der Waals surface area (Å²) in [6.07, 6.45) is 2.76. The molecule has 1 saturated carbocycles. The second-order valence-electron chi connectivity index (χ2n) is 8.27. The number of carbonyl (C=O) groups excluding carboxylic acids is 1. The van der Waals surface area contributed by atoms with Gasteiger partial charge in [0, 0.05) is 30.3 Å². The van der Waals surface area contributed by atoms with E-state index in [0.717, 1.165) is 31.4 Å². The quantitative estimate of drug-likeness (QED) is 0.486. The lowest BCUT2D eigenvalue weighted by atomic mass is 9.93. The van der Waals surface area contributed by atoms with Gasteiger partial charge in [0.15, 0.2) is 0 Å². The number of anilines is 1. The van der Waals surface area contributed by atoms with Crippen molar-refractivity contribution in [2.75, 3.05) is 25.5 Å². The minimum Gasteiger partial charge on any atom is -0.379 e. The first kappa shape index (κ1) is 21.5. The zero-order valence-electron chi connectivity index (χ0n) is 17.1. The summed E-state index contributed by atoms with van der Waals surface area (Å²) in [7, 11) is 1.98. The summed E-state index contributed by atoms with van der Waals surface area (Å²) >= 11 is 5.82. The van der Waals surface area contributed by atoms with Crippen molar-refractivity contribution in [3.8, 4) is 0 Å². The fourth-order valence-electron chi connectivity index (χ4n) is 4.17. The third-order valence-corrected chi connectivity index (χ3v) is 6.29. The van der Waals surface area contributed by atoms with Crippen LogP contribution in [0.2, 0.25) is 5.02 Å². The molecule has 1 aliphatic heterocycles. The Morgan fingerprint density at radius 2 is 2.03 bits per heavy atom. The van der Waals surface area contributed by atoms with Crippen molar-refractivity contribution in [3.05, 3.63) is 68.5 Å². The third-order valence-electron chi connectivity index (χ3n) is 5.98. The monoisotopic (exact) mass is 446 g/mol. The molecule has 31 heavy (non-hydrogen) atoms. The van der Waals surface area contributed by atoms with Crippen molar-refractivity contribution in [1.29, 1.82) is 0 Å². The van der Waals surface area contributed by atoms with E-state index in [1.165, 1.54) is 12.1 Å². The van der Waals surface area contributed by atoms with Crippen LogP contribution in [-0.2, 0) is 0 Å². The Balaban J connectivity index is 1.49. The molecule has 4 rings (SSSR count). The maximum atomic E-state index is 14.0. The van der Waals surface area contributed by atoms with Gasteiger partial charge in [-0.25, -0.2) is 4.39 Å². The van der Waals surface area contributed by atoms with Crippen molar-refractivity contribution in [2.24, 2.45) is 5.92 Å². The van der Waals surface area contributed by atoms with Gasteiger partial charge >= 0.3 is 0 Å². The molecule has 1 aliphatic carbocycles. The average molecular weight is 447 g/mol. The van der Waals surface area contributed by atoms with Crippen molar-refractivity contribution in [2.45, 2.75) is 31.3 Å². The predicted molar refractivity (Wildman–Crippen MR) is 117 cm³/mol. The van der Waals surface area contributed by atoms with E-state index in [0.29, 0.717) is 12.2 Å². The number of nitro benzene ring substituents is 1. The van der Waals surface area contributed by atoms with Crippen molar-refractivity contribution < 1.29 is 14.1 Å². The number of hydrogen-bond donors (Lipinski definition) is 2. The minimum atomic E-state index is -0.483. The van der Waals surface area contributed by atoms with Gasteiger partial charge in [-0.1, -0.05) is 17.7 Å². The summed E-state index contributed by atoms with van der Waals surface area (Å²) in [4.78, 5) is 25.5. The van der Waals surface area contributed by atoms with E-state index < -0.39 is 10.7 Å². The maximum Gasteiger partial charge on any atom is 0.293 e. The van der Waals surface area contributed by atoms with E-state index in [-0.39, 0.29) is 40.2 Å². The van der Waals surface area contributed by atoms with Gasteiger partial charge in [0.05, 0.1) is 9.95 Å². The highest BCUT2D eigenvalue weighted by atomic mass is 35.5. The summed E-state index contributed by atoms with van der Waals surface area (Å²) in [6.45, 7) is 1.32. The van der Waals surface area contributed by atoms with Crippen LogP contribution in [0.15, 0.2) is 36.4 Å². The number of amides is 1. The summed E-state index contributed by atoms with van der Waals surface area (Å²) < 4.78 is 14.0. The Morgan fingerprint density at radius 1 is 1.26 bits per heavy atom. The van der Waals surface area contributed by atoms with Gasteiger partial charge in [-0.2, -0.15) is 0 Å². The predicted octanol–water partition coefficient (Wildman–Crippen LogP) is 4.38. The van der Waals surface area contributed by atoms with Gasteiger partial charge in [-0.05, 0) is 68.6 Å².